The lowest BCUT2D eigenvalue weighted by Crippen LogP contribution is -2.49. The second-order valence-corrected chi connectivity index (χ2v) is 5.89. The van der Waals surface area contributed by atoms with Crippen LogP contribution in [-0.4, -0.2) is 36.4 Å². The molecule has 2 atom stereocenters. The van der Waals surface area contributed by atoms with Gasteiger partial charge in [0.25, 0.3) is 0 Å². The Balaban J connectivity index is 0.00000242. The highest BCUT2D eigenvalue weighted by Gasteiger charge is 2.27. The van der Waals surface area contributed by atoms with Crippen LogP contribution in [0.25, 0.3) is 0 Å². The predicted molar refractivity (Wildman–Crippen MR) is 86.1 cm³/mol. The monoisotopic (exact) mass is 331 g/mol. The first kappa shape index (κ1) is 18.9. The van der Waals surface area contributed by atoms with Gasteiger partial charge in [-0.25, -0.2) is 0 Å². The van der Waals surface area contributed by atoms with Crippen LogP contribution in [0.2, 0.25) is 0 Å². The maximum absolute atomic E-state index is 12.2. The number of nitrogens with one attached hydrogen (secondary N) is 1. The first-order valence-corrected chi connectivity index (χ1v) is 7.54. The maximum Gasteiger partial charge on any atom is 0.237 e. The van der Waals surface area contributed by atoms with Gasteiger partial charge in [-0.15, -0.1) is 12.4 Å². The van der Waals surface area contributed by atoms with E-state index in [2.05, 4.69) is 10.5 Å². The summed E-state index contributed by atoms with van der Waals surface area (Å²) in [6.07, 6.45) is 2.41. The Labute approximate surface area is 137 Å². The van der Waals surface area contributed by atoms with Crippen LogP contribution >= 0.6 is 12.4 Å². The summed E-state index contributed by atoms with van der Waals surface area (Å²) in [5, 5.41) is 6.93. The van der Waals surface area contributed by atoms with Crippen molar-refractivity contribution in [3.05, 3.63) is 17.0 Å². The number of carbonyl (C=O) groups is 1. The molecule has 1 aliphatic rings. The van der Waals surface area contributed by atoms with Gasteiger partial charge in [0.15, 0.2) is 0 Å². The topological polar surface area (TPSA) is 90.4 Å². The molecule has 1 aromatic rings. The van der Waals surface area contributed by atoms with Gasteiger partial charge in [-0.2, -0.15) is 0 Å². The molecule has 0 spiro atoms. The summed E-state index contributed by atoms with van der Waals surface area (Å²) in [6.45, 7) is 7.16. The molecular weight excluding hydrogens is 306 g/mol. The van der Waals surface area contributed by atoms with Crippen molar-refractivity contribution < 1.29 is 14.1 Å². The number of hydrogen-bond acceptors (Lipinski definition) is 5. The molecule has 2 rings (SSSR count). The molecule has 0 aliphatic carbocycles. The minimum Gasteiger partial charge on any atom is -0.381 e. The third-order valence-corrected chi connectivity index (χ3v) is 4.16. The van der Waals surface area contributed by atoms with Crippen molar-refractivity contribution in [2.24, 2.45) is 11.7 Å². The number of ether oxygens (including phenoxy) is 1. The van der Waals surface area contributed by atoms with E-state index in [0.29, 0.717) is 19.6 Å². The Morgan fingerprint density at radius 1 is 1.41 bits per heavy atom. The quantitative estimate of drug-likeness (QED) is 0.853. The molecule has 3 N–H and O–H groups in total. The van der Waals surface area contributed by atoms with Gasteiger partial charge in [0.05, 0.1) is 11.7 Å². The lowest BCUT2D eigenvalue weighted by atomic mass is 9.91. The van der Waals surface area contributed by atoms with Gasteiger partial charge in [0.1, 0.15) is 5.76 Å². The minimum absolute atomic E-state index is 0. The average Bonchev–Trinajstić information content (AvgIpc) is 2.79. The zero-order chi connectivity index (χ0) is 15.4. The summed E-state index contributed by atoms with van der Waals surface area (Å²) < 4.78 is 10.4. The van der Waals surface area contributed by atoms with Crippen LogP contribution in [0.1, 0.15) is 36.8 Å². The van der Waals surface area contributed by atoms with E-state index >= 15 is 0 Å². The molecule has 7 heteroatoms. The smallest absolute Gasteiger partial charge is 0.237 e. The predicted octanol–water partition coefficient (Wildman–Crippen LogP) is 1.51. The Bertz CT molecular complexity index is 467. The van der Waals surface area contributed by atoms with Gasteiger partial charge < -0.3 is 20.3 Å². The average molecular weight is 332 g/mol. The van der Waals surface area contributed by atoms with Crippen molar-refractivity contribution in [2.45, 2.75) is 52.1 Å². The normalized spacial score (nSPS) is 18.4. The molecule has 22 heavy (non-hydrogen) atoms. The number of rotatable bonds is 5. The fourth-order valence-electron chi connectivity index (χ4n) is 2.78. The number of nitrogens with zero attached hydrogens (tertiary/aromatic N) is 1. The first-order valence-electron chi connectivity index (χ1n) is 7.54. The van der Waals surface area contributed by atoms with Gasteiger partial charge in [0.2, 0.25) is 5.91 Å². The van der Waals surface area contributed by atoms with E-state index in [1.54, 1.807) is 0 Å². The van der Waals surface area contributed by atoms with Crippen molar-refractivity contribution in [3.8, 4) is 0 Å². The van der Waals surface area contributed by atoms with Crippen molar-refractivity contribution >= 4 is 18.3 Å². The standard InChI is InChI=1S/C15H25N3O3.ClH/c1-9(8-13-10(2)18-21-11(13)3)17-15(19)14(16)12-4-6-20-7-5-12;/h9,12,14H,4-8,16H2,1-3H3,(H,17,19);1H. The highest BCUT2D eigenvalue weighted by molar-refractivity contribution is 5.85. The molecule has 6 nitrogen and oxygen atoms in total. The highest BCUT2D eigenvalue weighted by atomic mass is 35.5. The maximum atomic E-state index is 12.2. The highest BCUT2D eigenvalue weighted by Crippen LogP contribution is 2.18. The van der Waals surface area contributed by atoms with Gasteiger partial charge in [0, 0.05) is 24.8 Å². The molecule has 0 bridgehead atoms. The lowest BCUT2D eigenvalue weighted by Gasteiger charge is -2.27. The van der Waals surface area contributed by atoms with Crippen LogP contribution in [0.5, 0.6) is 0 Å². The molecule has 0 saturated carbocycles. The molecule has 2 heterocycles. The van der Waals surface area contributed by atoms with Crippen LogP contribution in [0.15, 0.2) is 4.52 Å². The number of nitrogens with two attached hydrogens (primary N) is 1. The van der Waals surface area contributed by atoms with Gasteiger partial charge in [-0.05, 0) is 46.0 Å². The van der Waals surface area contributed by atoms with Crippen LogP contribution in [0.4, 0.5) is 0 Å². The van der Waals surface area contributed by atoms with E-state index in [1.165, 1.54) is 0 Å². The molecule has 1 saturated heterocycles. The van der Waals surface area contributed by atoms with E-state index in [0.717, 1.165) is 29.9 Å². The minimum atomic E-state index is -0.457. The first-order chi connectivity index (χ1) is 9.99. The van der Waals surface area contributed by atoms with E-state index in [9.17, 15) is 4.79 Å². The number of aryl methyl sites for hydroxylation is 2. The van der Waals surface area contributed by atoms with E-state index < -0.39 is 6.04 Å². The van der Waals surface area contributed by atoms with Crippen LogP contribution in [0.3, 0.4) is 0 Å². The summed E-state index contributed by atoms with van der Waals surface area (Å²) in [4.78, 5) is 12.2. The van der Waals surface area contributed by atoms with E-state index in [4.69, 9.17) is 15.0 Å². The Hall–Kier alpha value is -1.11. The summed E-state index contributed by atoms with van der Waals surface area (Å²) in [6, 6.07) is -0.457. The fraction of sp³-hybridized carbons (Fsp3) is 0.733. The molecule has 0 aromatic carbocycles. The molecule has 1 amide bonds. The fourth-order valence-corrected chi connectivity index (χ4v) is 2.78. The van der Waals surface area contributed by atoms with Crippen LogP contribution in [-0.2, 0) is 16.0 Å². The van der Waals surface area contributed by atoms with Crippen LogP contribution in [0, 0.1) is 19.8 Å². The lowest BCUT2D eigenvalue weighted by molar-refractivity contribution is -0.124. The zero-order valence-corrected chi connectivity index (χ0v) is 14.2. The third kappa shape index (κ3) is 4.69. The summed E-state index contributed by atoms with van der Waals surface area (Å²) in [5.74, 6) is 0.938. The second kappa shape index (κ2) is 8.50. The van der Waals surface area contributed by atoms with E-state index in [-0.39, 0.29) is 30.3 Å². The van der Waals surface area contributed by atoms with Crippen LogP contribution < -0.4 is 11.1 Å². The molecule has 1 aromatic heterocycles. The molecule has 1 aliphatic heterocycles. The zero-order valence-electron chi connectivity index (χ0n) is 13.4. The molecule has 0 radical (unpaired) electrons. The van der Waals surface area contributed by atoms with Gasteiger partial charge >= 0.3 is 0 Å². The molecule has 126 valence electrons. The van der Waals surface area contributed by atoms with E-state index in [1.807, 2.05) is 20.8 Å². The van der Waals surface area contributed by atoms with Crippen molar-refractivity contribution in [1.82, 2.24) is 10.5 Å². The van der Waals surface area contributed by atoms with Gasteiger partial charge in [-0.1, -0.05) is 5.16 Å². The summed E-state index contributed by atoms with van der Waals surface area (Å²) >= 11 is 0. The molecular formula is C15H26ClN3O3. The summed E-state index contributed by atoms with van der Waals surface area (Å²) in [7, 11) is 0. The van der Waals surface area contributed by atoms with Crippen molar-refractivity contribution in [1.29, 1.82) is 0 Å². The third-order valence-electron chi connectivity index (χ3n) is 4.16. The van der Waals surface area contributed by atoms with Gasteiger partial charge in [-0.3, -0.25) is 4.79 Å². The van der Waals surface area contributed by atoms with Crippen molar-refractivity contribution in [3.63, 3.8) is 0 Å². The summed E-state index contributed by atoms with van der Waals surface area (Å²) in [5.41, 5.74) is 8.01. The number of halogens is 1. The molecule has 1 fully saturated rings. The largest absolute Gasteiger partial charge is 0.381 e. The number of carbonyl (C=O) groups excluding carboxylic acids is 1. The number of aromatic nitrogens is 1. The Morgan fingerprint density at radius 3 is 2.59 bits per heavy atom. The SMILES string of the molecule is Cc1noc(C)c1CC(C)NC(=O)C(N)C1CCOCC1.Cl. The van der Waals surface area contributed by atoms with Crippen molar-refractivity contribution in [2.75, 3.05) is 13.2 Å². The molecule has 2 unspecified atom stereocenters. The number of amides is 1. The second-order valence-electron chi connectivity index (χ2n) is 5.89. The number of hydrogen-bond donors (Lipinski definition) is 2. The Kier molecular flexibility index (Phi) is 7.32. The Morgan fingerprint density at radius 2 is 2.05 bits per heavy atom.